The van der Waals surface area contributed by atoms with Gasteiger partial charge in [0.1, 0.15) is 16.8 Å². The summed E-state index contributed by atoms with van der Waals surface area (Å²) in [5.74, 6) is -3.24. The number of para-hydroxylation sites is 1. The molecule has 1 aliphatic carbocycles. The Kier molecular flexibility index (Phi) is 5.83. The van der Waals surface area contributed by atoms with Crippen molar-refractivity contribution in [3.05, 3.63) is 50.1 Å². The molecule has 0 spiro atoms. The number of ketones is 1. The highest BCUT2D eigenvalue weighted by molar-refractivity contribution is 6.04. The molecule has 152 valence electrons. The highest BCUT2D eigenvalue weighted by Gasteiger charge is 2.67. The molecule has 1 aromatic carbocycles. The highest BCUT2D eigenvalue weighted by Crippen LogP contribution is 2.54. The third-order valence-corrected chi connectivity index (χ3v) is 5.47. The Labute approximate surface area is 160 Å². The van der Waals surface area contributed by atoms with E-state index in [2.05, 4.69) is 0 Å². The van der Waals surface area contributed by atoms with Crippen LogP contribution < -0.4 is 0 Å². The van der Waals surface area contributed by atoms with E-state index in [1.54, 1.807) is 0 Å². The van der Waals surface area contributed by atoms with Crippen molar-refractivity contribution >= 4 is 17.4 Å². The van der Waals surface area contributed by atoms with E-state index in [1.165, 1.54) is 32.0 Å². The molecule has 4 atom stereocenters. The van der Waals surface area contributed by atoms with Gasteiger partial charge >= 0.3 is 5.97 Å². The lowest BCUT2D eigenvalue weighted by Gasteiger charge is -2.46. The minimum atomic E-state index is -2.01. The summed E-state index contributed by atoms with van der Waals surface area (Å²) < 4.78 is 5.06. The quantitative estimate of drug-likeness (QED) is 0.333. The zero-order valence-corrected chi connectivity index (χ0v) is 15.8. The van der Waals surface area contributed by atoms with Gasteiger partial charge in [0.2, 0.25) is 6.04 Å². The summed E-state index contributed by atoms with van der Waals surface area (Å²) in [6, 6.07) is 3.40. The van der Waals surface area contributed by atoms with Gasteiger partial charge in [-0.1, -0.05) is 18.2 Å². The summed E-state index contributed by atoms with van der Waals surface area (Å²) in [6.07, 6.45) is -0.441. The lowest BCUT2D eigenvalue weighted by atomic mass is 9.56. The monoisotopic (exact) mass is 394 g/mol. The van der Waals surface area contributed by atoms with Crippen molar-refractivity contribution < 1.29 is 29.3 Å². The summed E-state index contributed by atoms with van der Waals surface area (Å²) in [5.41, 5.74) is -4.52. The van der Waals surface area contributed by atoms with Crippen LogP contribution >= 0.6 is 0 Å². The maximum Gasteiger partial charge on any atom is 0.320 e. The molecule has 1 saturated carbocycles. The predicted molar refractivity (Wildman–Crippen MR) is 96.2 cm³/mol. The molecule has 0 bridgehead atoms. The predicted octanol–water partition coefficient (Wildman–Crippen LogP) is 2.01. The van der Waals surface area contributed by atoms with Crippen molar-refractivity contribution in [1.82, 2.24) is 0 Å². The van der Waals surface area contributed by atoms with Crippen LogP contribution in [0.1, 0.15) is 45.1 Å². The standard InChI is InChI=1S/C18H22N2O8/c1-4-28-16(22)18(11(2)21)10-9-17(3,23)15(20(26)27)14(18)12-7-5-6-8-13(12)19(24)25/h5-8,14-15,23H,4,9-10H2,1-3H3/t14-,15-,17+,18?/m0/s1. The first-order valence-electron chi connectivity index (χ1n) is 8.78. The molecular weight excluding hydrogens is 372 g/mol. The molecule has 10 nitrogen and oxygen atoms in total. The summed E-state index contributed by atoms with van der Waals surface area (Å²) in [7, 11) is 0. The van der Waals surface area contributed by atoms with Gasteiger partial charge in [0.25, 0.3) is 5.69 Å². The zero-order valence-electron chi connectivity index (χ0n) is 15.8. The van der Waals surface area contributed by atoms with Crippen LogP contribution in [0.3, 0.4) is 0 Å². The number of rotatable bonds is 6. The van der Waals surface area contributed by atoms with Crippen molar-refractivity contribution in [1.29, 1.82) is 0 Å². The fraction of sp³-hybridized carbons (Fsp3) is 0.556. The Hall–Kier alpha value is -2.88. The van der Waals surface area contributed by atoms with Crippen LogP contribution in [-0.2, 0) is 14.3 Å². The maximum atomic E-state index is 12.9. The fourth-order valence-corrected chi connectivity index (χ4v) is 4.11. The van der Waals surface area contributed by atoms with Crippen LogP contribution in [-0.4, -0.2) is 45.0 Å². The maximum absolute atomic E-state index is 12.9. The van der Waals surface area contributed by atoms with Crippen LogP contribution in [0.15, 0.2) is 24.3 Å². The number of ether oxygens (including phenoxy) is 1. The number of nitro groups is 2. The van der Waals surface area contributed by atoms with Crippen molar-refractivity contribution in [2.45, 2.75) is 51.2 Å². The fourth-order valence-electron chi connectivity index (χ4n) is 4.11. The average molecular weight is 394 g/mol. The Morgan fingerprint density at radius 2 is 1.86 bits per heavy atom. The molecule has 0 heterocycles. The van der Waals surface area contributed by atoms with Crippen molar-refractivity contribution in [2.75, 3.05) is 6.61 Å². The molecule has 0 saturated heterocycles. The summed E-state index contributed by atoms with van der Waals surface area (Å²) in [6.45, 7) is 3.79. The van der Waals surface area contributed by atoms with E-state index in [0.717, 1.165) is 13.0 Å². The minimum absolute atomic E-state index is 0.0724. The molecule has 1 fully saturated rings. The van der Waals surface area contributed by atoms with Gasteiger partial charge in [0.05, 0.1) is 17.4 Å². The van der Waals surface area contributed by atoms with E-state index in [0.29, 0.717) is 0 Å². The van der Waals surface area contributed by atoms with Crippen molar-refractivity contribution in [2.24, 2.45) is 5.41 Å². The van der Waals surface area contributed by atoms with Gasteiger partial charge < -0.3 is 9.84 Å². The number of hydrogen-bond donors (Lipinski definition) is 1. The topological polar surface area (TPSA) is 150 Å². The van der Waals surface area contributed by atoms with Gasteiger partial charge in [-0.3, -0.25) is 29.8 Å². The number of esters is 1. The van der Waals surface area contributed by atoms with Gasteiger partial charge in [-0.05, 0) is 33.6 Å². The lowest BCUT2D eigenvalue weighted by molar-refractivity contribution is -0.555. The summed E-state index contributed by atoms with van der Waals surface area (Å²) in [5, 5.41) is 34.2. The minimum Gasteiger partial charge on any atom is -0.465 e. The number of benzene rings is 1. The normalized spacial score (nSPS) is 29.7. The van der Waals surface area contributed by atoms with Gasteiger partial charge in [-0.25, -0.2) is 0 Å². The summed E-state index contributed by atoms with van der Waals surface area (Å²) in [4.78, 5) is 47.6. The molecule has 2 rings (SSSR count). The highest BCUT2D eigenvalue weighted by atomic mass is 16.6. The van der Waals surface area contributed by atoms with E-state index >= 15 is 0 Å². The second-order valence-electron chi connectivity index (χ2n) is 7.13. The number of nitro benzene ring substituents is 1. The molecule has 1 unspecified atom stereocenters. The molecule has 1 N–H and O–H groups in total. The van der Waals surface area contributed by atoms with Gasteiger partial charge in [0, 0.05) is 16.6 Å². The number of hydrogen-bond acceptors (Lipinski definition) is 8. The molecule has 0 aromatic heterocycles. The number of aliphatic hydroxyl groups is 1. The molecule has 1 aliphatic rings. The van der Waals surface area contributed by atoms with Crippen LogP contribution in [0.25, 0.3) is 0 Å². The Morgan fingerprint density at radius 1 is 1.25 bits per heavy atom. The van der Waals surface area contributed by atoms with E-state index < -0.39 is 50.3 Å². The Morgan fingerprint density at radius 3 is 2.36 bits per heavy atom. The number of carbonyl (C=O) groups is 2. The zero-order chi connectivity index (χ0) is 21.3. The van der Waals surface area contributed by atoms with Gasteiger partial charge in [-0.15, -0.1) is 0 Å². The van der Waals surface area contributed by atoms with Crippen molar-refractivity contribution in [3.63, 3.8) is 0 Å². The van der Waals surface area contributed by atoms with Crippen LogP contribution in [0.5, 0.6) is 0 Å². The molecule has 0 amide bonds. The van der Waals surface area contributed by atoms with Gasteiger partial charge in [-0.2, -0.15) is 0 Å². The Balaban J connectivity index is 2.89. The Bertz CT molecular complexity index is 822. The van der Waals surface area contributed by atoms with E-state index in [9.17, 15) is 34.9 Å². The van der Waals surface area contributed by atoms with E-state index in [4.69, 9.17) is 4.74 Å². The first-order chi connectivity index (χ1) is 13.0. The lowest BCUT2D eigenvalue weighted by Crippen LogP contribution is -2.62. The smallest absolute Gasteiger partial charge is 0.320 e. The molecule has 1 aromatic rings. The number of nitrogens with zero attached hydrogens (tertiary/aromatic N) is 2. The summed E-state index contributed by atoms with van der Waals surface area (Å²) >= 11 is 0. The van der Waals surface area contributed by atoms with Gasteiger partial charge in [0.15, 0.2) is 0 Å². The molecule has 10 heteroatoms. The molecule has 0 aliphatic heterocycles. The van der Waals surface area contributed by atoms with E-state index in [1.807, 2.05) is 0 Å². The SMILES string of the molecule is CCOC(=O)C1(C(C)=O)CC[C@@](C)(O)[C@@H]([N+](=O)[O-])[C@@H]1c1ccccc1[N+](=O)[O-]. The van der Waals surface area contributed by atoms with Crippen LogP contribution in [0, 0.1) is 25.6 Å². The average Bonchev–Trinajstić information content (AvgIpc) is 2.60. The van der Waals surface area contributed by atoms with Crippen LogP contribution in [0.2, 0.25) is 0 Å². The third-order valence-electron chi connectivity index (χ3n) is 5.47. The number of Topliss-reactive ketones (excluding diaryl/α,β-unsaturated/α-hetero) is 1. The first-order valence-corrected chi connectivity index (χ1v) is 8.78. The molecule has 0 radical (unpaired) electrons. The third kappa shape index (κ3) is 3.35. The second-order valence-corrected chi connectivity index (χ2v) is 7.13. The van der Waals surface area contributed by atoms with E-state index in [-0.39, 0.29) is 25.0 Å². The molecular formula is C18H22N2O8. The first kappa shape index (κ1) is 21.4. The second kappa shape index (κ2) is 7.63. The largest absolute Gasteiger partial charge is 0.465 e. The number of carbonyl (C=O) groups excluding carboxylic acids is 2. The van der Waals surface area contributed by atoms with Crippen molar-refractivity contribution in [3.8, 4) is 0 Å². The van der Waals surface area contributed by atoms with Crippen LogP contribution in [0.4, 0.5) is 5.69 Å². The molecule has 28 heavy (non-hydrogen) atoms.